The average molecular weight is 647 g/mol. The van der Waals surface area contributed by atoms with Gasteiger partial charge < -0.3 is 24.4 Å². The van der Waals surface area contributed by atoms with Crippen molar-refractivity contribution in [2.24, 2.45) is 47.3 Å². The van der Waals surface area contributed by atoms with E-state index >= 15 is 0 Å². The molecule has 0 aromatic heterocycles. The molecule has 0 saturated heterocycles. The topological polar surface area (TPSA) is 102 Å². The van der Waals surface area contributed by atoms with Crippen LogP contribution in [0.1, 0.15) is 124 Å². The fourth-order valence-corrected chi connectivity index (χ4v) is 9.04. The molecule has 3 aliphatic carbocycles. The predicted molar refractivity (Wildman–Crippen MR) is 183 cm³/mol. The summed E-state index contributed by atoms with van der Waals surface area (Å²) in [6.45, 7) is 14.3. The molecule has 0 aromatic carbocycles. The SMILES string of the molecule is C=C(C)C(=O)OCCCC1CC(C2CCC(C3CCCCC3)CC2CC)CC(CCCOC(=O)C(=C)C)C1OCCC(CO)CO. The van der Waals surface area contributed by atoms with Gasteiger partial charge in [-0.05, 0) is 119 Å². The first-order chi connectivity index (χ1) is 22.2. The lowest BCUT2D eigenvalue weighted by Crippen LogP contribution is -2.44. The van der Waals surface area contributed by atoms with Gasteiger partial charge >= 0.3 is 11.9 Å². The van der Waals surface area contributed by atoms with Crippen molar-refractivity contribution in [3.63, 3.8) is 0 Å². The maximum Gasteiger partial charge on any atom is 0.333 e. The lowest BCUT2D eigenvalue weighted by molar-refractivity contribution is -0.139. The number of esters is 2. The number of aliphatic hydroxyl groups is 2. The molecule has 46 heavy (non-hydrogen) atoms. The van der Waals surface area contributed by atoms with Crippen molar-refractivity contribution >= 4 is 11.9 Å². The van der Waals surface area contributed by atoms with Crippen LogP contribution in [-0.4, -0.2) is 61.3 Å². The minimum absolute atomic E-state index is 0.0432. The summed E-state index contributed by atoms with van der Waals surface area (Å²) in [4.78, 5) is 24.1. The van der Waals surface area contributed by atoms with E-state index in [0.717, 1.165) is 62.2 Å². The summed E-state index contributed by atoms with van der Waals surface area (Å²) in [6.07, 6.45) is 18.7. The van der Waals surface area contributed by atoms with Crippen molar-refractivity contribution in [3.8, 4) is 0 Å². The molecule has 3 rings (SSSR count). The molecule has 264 valence electrons. The largest absolute Gasteiger partial charge is 0.462 e. The van der Waals surface area contributed by atoms with Crippen LogP contribution >= 0.6 is 0 Å². The number of carbonyl (C=O) groups is 2. The second kappa shape index (κ2) is 20.6. The number of ether oxygens (including phenoxy) is 3. The zero-order valence-corrected chi connectivity index (χ0v) is 29.4. The quantitative estimate of drug-likeness (QED) is 0.0838. The Morgan fingerprint density at radius 1 is 0.717 bits per heavy atom. The summed E-state index contributed by atoms with van der Waals surface area (Å²) in [5, 5.41) is 19.3. The van der Waals surface area contributed by atoms with E-state index in [4.69, 9.17) is 14.2 Å². The second-order valence-electron chi connectivity index (χ2n) is 15.0. The van der Waals surface area contributed by atoms with E-state index in [0.29, 0.717) is 55.1 Å². The highest BCUT2D eigenvalue weighted by Crippen LogP contribution is 2.51. The van der Waals surface area contributed by atoms with Crippen molar-refractivity contribution in [3.05, 3.63) is 24.3 Å². The first-order valence-corrected chi connectivity index (χ1v) is 18.7. The van der Waals surface area contributed by atoms with E-state index in [1.807, 2.05) is 0 Å². The van der Waals surface area contributed by atoms with Gasteiger partial charge in [-0.2, -0.15) is 0 Å². The summed E-state index contributed by atoms with van der Waals surface area (Å²) in [6, 6.07) is 0. The van der Waals surface area contributed by atoms with E-state index in [2.05, 4.69) is 20.1 Å². The Kier molecular flexibility index (Phi) is 17.4. The second-order valence-corrected chi connectivity index (χ2v) is 15.0. The molecule has 0 aliphatic heterocycles. The Labute approximate surface area is 279 Å². The average Bonchev–Trinajstić information content (AvgIpc) is 3.07. The third kappa shape index (κ3) is 12.1. The number of rotatable bonds is 19. The predicted octanol–water partition coefficient (Wildman–Crippen LogP) is 7.83. The van der Waals surface area contributed by atoms with E-state index in [1.165, 1.54) is 57.8 Å². The Hall–Kier alpha value is -1.70. The van der Waals surface area contributed by atoms with Crippen LogP contribution in [0.25, 0.3) is 0 Å². The fraction of sp³-hybridized carbons (Fsp3) is 0.846. The van der Waals surface area contributed by atoms with Gasteiger partial charge in [-0.15, -0.1) is 0 Å². The molecule has 0 spiro atoms. The highest BCUT2D eigenvalue weighted by Gasteiger charge is 2.44. The van der Waals surface area contributed by atoms with E-state index < -0.39 is 0 Å². The van der Waals surface area contributed by atoms with E-state index in [9.17, 15) is 19.8 Å². The van der Waals surface area contributed by atoms with Crippen LogP contribution in [0.3, 0.4) is 0 Å². The first-order valence-electron chi connectivity index (χ1n) is 18.7. The first kappa shape index (κ1) is 38.7. The molecule has 3 aliphatic rings. The van der Waals surface area contributed by atoms with Gasteiger partial charge in [0.1, 0.15) is 0 Å². The Morgan fingerprint density at radius 3 is 1.76 bits per heavy atom. The van der Waals surface area contributed by atoms with Gasteiger partial charge in [-0.1, -0.05) is 58.6 Å². The Morgan fingerprint density at radius 2 is 1.26 bits per heavy atom. The maximum atomic E-state index is 12.0. The zero-order chi connectivity index (χ0) is 33.5. The standard InChI is InChI=1S/C39H66O7/c1-6-30-22-32(31-12-8-7-9-13-31)16-17-36(30)35-23-33(14-10-19-45-38(42)27(2)3)37(44-21-18-29(25-40)26-41)34(24-35)15-11-20-46-39(43)28(4)5/h29-37,40-41H,2,4,6-26H2,1,3,5H3. The lowest BCUT2D eigenvalue weighted by Gasteiger charge is -2.49. The summed E-state index contributed by atoms with van der Waals surface area (Å²) < 4.78 is 17.6. The van der Waals surface area contributed by atoms with E-state index in [1.54, 1.807) is 13.8 Å². The molecule has 3 fully saturated rings. The third-order valence-electron chi connectivity index (χ3n) is 11.6. The van der Waals surface area contributed by atoms with Gasteiger partial charge in [-0.3, -0.25) is 0 Å². The molecular formula is C39H66O7. The number of aliphatic hydroxyl groups excluding tert-OH is 2. The van der Waals surface area contributed by atoms with Crippen LogP contribution in [-0.2, 0) is 23.8 Å². The van der Waals surface area contributed by atoms with Crippen molar-refractivity contribution in [1.29, 1.82) is 0 Å². The summed E-state index contributed by atoms with van der Waals surface area (Å²) in [7, 11) is 0. The monoisotopic (exact) mass is 646 g/mol. The Bertz CT molecular complexity index is 893. The van der Waals surface area contributed by atoms with Gasteiger partial charge in [0.25, 0.3) is 0 Å². The minimum Gasteiger partial charge on any atom is -0.462 e. The summed E-state index contributed by atoms with van der Waals surface area (Å²) >= 11 is 0. The lowest BCUT2D eigenvalue weighted by atomic mass is 9.58. The number of hydrogen-bond donors (Lipinski definition) is 2. The van der Waals surface area contributed by atoms with Crippen molar-refractivity contribution in [2.45, 2.75) is 130 Å². The highest BCUT2D eigenvalue weighted by molar-refractivity contribution is 5.87. The number of hydrogen-bond acceptors (Lipinski definition) is 7. The molecule has 0 radical (unpaired) electrons. The molecule has 0 bridgehead atoms. The van der Waals surface area contributed by atoms with Crippen LogP contribution in [0.5, 0.6) is 0 Å². The molecule has 7 heteroatoms. The van der Waals surface area contributed by atoms with Crippen LogP contribution in [0.2, 0.25) is 0 Å². The molecular weight excluding hydrogens is 580 g/mol. The van der Waals surface area contributed by atoms with E-state index in [-0.39, 0.29) is 37.2 Å². The normalized spacial score (nSPS) is 29.0. The molecule has 0 amide bonds. The molecule has 5 atom stereocenters. The maximum absolute atomic E-state index is 12.0. The summed E-state index contributed by atoms with van der Waals surface area (Å²) in [5.41, 5.74) is 0.839. The van der Waals surface area contributed by atoms with Gasteiger partial charge in [0.2, 0.25) is 0 Å². The highest BCUT2D eigenvalue weighted by atomic mass is 16.5. The van der Waals surface area contributed by atoms with Crippen LogP contribution < -0.4 is 0 Å². The molecule has 7 nitrogen and oxygen atoms in total. The molecule has 5 unspecified atom stereocenters. The Balaban J connectivity index is 1.75. The van der Waals surface area contributed by atoms with Crippen molar-refractivity contribution in [1.82, 2.24) is 0 Å². The van der Waals surface area contributed by atoms with Gasteiger partial charge in [0, 0.05) is 36.9 Å². The van der Waals surface area contributed by atoms with Crippen LogP contribution in [0.15, 0.2) is 24.3 Å². The fourth-order valence-electron chi connectivity index (χ4n) is 9.04. The van der Waals surface area contributed by atoms with Crippen molar-refractivity contribution < 1.29 is 34.0 Å². The minimum atomic E-state index is -0.337. The van der Waals surface area contributed by atoms with Gasteiger partial charge in [0.05, 0.1) is 19.3 Å². The molecule has 0 aromatic rings. The molecule has 2 N–H and O–H groups in total. The van der Waals surface area contributed by atoms with Crippen LogP contribution in [0.4, 0.5) is 0 Å². The smallest absolute Gasteiger partial charge is 0.333 e. The molecule has 0 heterocycles. The van der Waals surface area contributed by atoms with Crippen LogP contribution in [0, 0.1) is 47.3 Å². The van der Waals surface area contributed by atoms with Crippen molar-refractivity contribution in [2.75, 3.05) is 33.0 Å². The summed E-state index contributed by atoms with van der Waals surface area (Å²) in [5.74, 6) is 3.77. The van der Waals surface area contributed by atoms with Gasteiger partial charge in [0.15, 0.2) is 0 Å². The zero-order valence-electron chi connectivity index (χ0n) is 29.4. The number of carbonyl (C=O) groups excluding carboxylic acids is 2. The van der Waals surface area contributed by atoms with Gasteiger partial charge in [-0.25, -0.2) is 9.59 Å². The molecule has 3 saturated carbocycles. The third-order valence-corrected chi connectivity index (χ3v) is 11.6.